The minimum atomic E-state index is 0.346. The quantitative estimate of drug-likeness (QED) is 0.770. The molecule has 0 saturated heterocycles. The number of aromatic nitrogens is 2. The van der Waals surface area contributed by atoms with Crippen LogP contribution >= 0.6 is 0 Å². The van der Waals surface area contributed by atoms with Gasteiger partial charge in [0.05, 0.1) is 0 Å². The smallest absolute Gasteiger partial charge is 0.202 e. The van der Waals surface area contributed by atoms with Crippen LogP contribution in [-0.2, 0) is 7.05 Å². The second-order valence-electron chi connectivity index (χ2n) is 3.97. The molecule has 0 aromatic carbocycles. The van der Waals surface area contributed by atoms with Crippen LogP contribution in [-0.4, -0.2) is 15.1 Å². The molecule has 0 amide bonds. The van der Waals surface area contributed by atoms with Gasteiger partial charge in [0.25, 0.3) is 0 Å². The first-order valence-electron chi connectivity index (χ1n) is 5.01. The van der Waals surface area contributed by atoms with Crippen LogP contribution in [0.2, 0.25) is 0 Å². The molecule has 0 bridgehead atoms. The number of nitrogens with zero attached hydrogens (tertiary/aromatic N) is 2. The molecule has 1 fully saturated rings. The lowest BCUT2D eigenvalue weighted by atomic mass is 9.75. The van der Waals surface area contributed by atoms with E-state index < -0.39 is 0 Å². The first-order valence-corrected chi connectivity index (χ1v) is 5.01. The van der Waals surface area contributed by atoms with E-state index in [4.69, 9.17) is 0 Å². The molecule has 2 rings (SSSR count). The van der Waals surface area contributed by atoms with Crippen molar-refractivity contribution >= 4 is 5.95 Å². The molecule has 0 atom stereocenters. The molecule has 0 spiro atoms. The summed E-state index contributed by atoms with van der Waals surface area (Å²) in [6.07, 6.45) is 8.94. The summed E-state index contributed by atoms with van der Waals surface area (Å²) < 4.78 is 2.04. The second-order valence-corrected chi connectivity index (χ2v) is 3.97. The van der Waals surface area contributed by atoms with Gasteiger partial charge in [0.15, 0.2) is 0 Å². The lowest BCUT2D eigenvalue weighted by Gasteiger charge is -2.42. The van der Waals surface area contributed by atoms with Crippen molar-refractivity contribution in [2.45, 2.75) is 38.1 Å². The van der Waals surface area contributed by atoms with Gasteiger partial charge in [0.2, 0.25) is 5.95 Å². The minimum Gasteiger partial charge on any atom is -0.350 e. The molecule has 1 aromatic rings. The topological polar surface area (TPSA) is 29.9 Å². The van der Waals surface area contributed by atoms with Crippen LogP contribution in [0.15, 0.2) is 12.4 Å². The van der Waals surface area contributed by atoms with Gasteiger partial charge in [-0.1, -0.05) is 6.92 Å². The van der Waals surface area contributed by atoms with Crippen molar-refractivity contribution in [3.63, 3.8) is 0 Å². The Hall–Kier alpha value is -0.990. The van der Waals surface area contributed by atoms with Crippen LogP contribution in [0.4, 0.5) is 5.95 Å². The Kier molecular flexibility index (Phi) is 2.02. The summed E-state index contributed by atoms with van der Waals surface area (Å²) in [6, 6.07) is 0. The van der Waals surface area contributed by atoms with E-state index in [1.54, 1.807) is 0 Å². The van der Waals surface area contributed by atoms with Crippen molar-refractivity contribution in [3.8, 4) is 0 Å². The minimum absolute atomic E-state index is 0.346. The molecule has 1 saturated carbocycles. The fraction of sp³-hybridized carbons (Fsp3) is 0.700. The van der Waals surface area contributed by atoms with Crippen LogP contribution < -0.4 is 5.32 Å². The first-order chi connectivity index (χ1) is 6.26. The third kappa shape index (κ3) is 1.43. The molecule has 3 nitrogen and oxygen atoms in total. The molecule has 13 heavy (non-hydrogen) atoms. The van der Waals surface area contributed by atoms with Crippen LogP contribution in [0, 0.1) is 0 Å². The summed E-state index contributed by atoms with van der Waals surface area (Å²) in [5, 5.41) is 3.54. The van der Waals surface area contributed by atoms with Gasteiger partial charge in [-0.25, -0.2) is 4.98 Å². The summed E-state index contributed by atoms with van der Waals surface area (Å²) in [7, 11) is 2.03. The number of imidazole rings is 1. The van der Waals surface area contributed by atoms with E-state index in [-0.39, 0.29) is 0 Å². The van der Waals surface area contributed by atoms with Gasteiger partial charge >= 0.3 is 0 Å². The zero-order valence-electron chi connectivity index (χ0n) is 8.38. The first kappa shape index (κ1) is 8.60. The SMILES string of the molecule is CCC1(Nc2nccn2C)CCC1. The highest BCUT2D eigenvalue weighted by Crippen LogP contribution is 2.37. The fourth-order valence-electron chi connectivity index (χ4n) is 1.89. The Morgan fingerprint density at radius 3 is 2.77 bits per heavy atom. The van der Waals surface area contributed by atoms with Gasteiger partial charge in [-0.15, -0.1) is 0 Å². The Balaban J connectivity index is 2.08. The number of rotatable bonds is 3. The maximum atomic E-state index is 4.28. The van der Waals surface area contributed by atoms with E-state index >= 15 is 0 Å². The molecule has 0 unspecified atom stereocenters. The van der Waals surface area contributed by atoms with E-state index in [2.05, 4.69) is 17.2 Å². The summed E-state index contributed by atoms with van der Waals surface area (Å²) in [5.41, 5.74) is 0.346. The molecule has 0 radical (unpaired) electrons. The standard InChI is InChI=1S/C10H17N3/c1-3-10(5-4-6-10)12-9-11-7-8-13(9)2/h7-8H,3-6H2,1-2H3,(H,11,12). The van der Waals surface area contributed by atoms with E-state index in [1.807, 2.05) is 24.0 Å². The van der Waals surface area contributed by atoms with Gasteiger partial charge in [-0.3, -0.25) is 0 Å². The van der Waals surface area contributed by atoms with Crippen LogP contribution in [0.1, 0.15) is 32.6 Å². The fourth-order valence-corrected chi connectivity index (χ4v) is 1.89. The zero-order chi connectivity index (χ0) is 9.31. The maximum Gasteiger partial charge on any atom is 0.202 e. The normalized spacial score (nSPS) is 19.5. The molecule has 1 aliphatic carbocycles. The van der Waals surface area contributed by atoms with Gasteiger partial charge < -0.3 is 9.88 Å². The largest absolute Gasteiger partial charge is 0.350 e. The summed E-state index contributed by atoms with van der Waals surface area (Å²) in [5.74, 6) is 1.00. The number of hydrogen-bond donors (Lipinski definition) is 1. The van der Waals surface area contributed by atoms with E-state index in [9.17, 15) is 0 Å². The van der Waals surface area contributed by atoms with Crippen LogP contribution in [0.5, 0.6) is 0 Å². The molecule has 1 heterocycles. The van der Waals surface area contributed by atoms with Crippen molar-refractivity contribution in [1.82, 2.24) is 9.55 Å². The molecule has 3 heteroatoms. The third-order valence-corrected chi connectivity index (χ3v) is 3.19. The number of aryl methyl sites for hydroxylation is 1. The molecule has 0 aliphatic heterocycles. The number of anilines is 1. The predicted molar refractivity (Wildman–Crippen MR) is 53.7 cm³/mol. The predicted octanol–water partition coefficient (Wildman–Crippen LogP) is 2.16. The highest BCUT2D eigenvalue weighted by Gasteiger charge is 2.35. The molecule has 72 valence electrons. The lowest BCUT2D eigenvalue weighted by molar-refractivity contribution is 0.267. The van der Waals surface area contributed by atoms with Gasteiger partial charge in [-0.05, 0) is 25.7 Å². The summed E-state index contributed by atoms with van der Waals surface area (Å²) in [6.45, 7) is 2.25. The molecule has 1 aromatic heterocycles. The monoisotopic (exact) mass is 179 g/mol. The van der Waals surface area contributed by atoms with Gasteiger partial charge in [-0.2, -0.15) is 0 Å². The van der Waals surface area contributed by atoms with Crippen molar-refractivity contribution in [1.29, 1.82) is 0 Å². The molecule has 1 N–H and O–H groups in total. The molecule has 1 aliphatic rings. The van der Waals surface area contributed by atoms with Gasteiger partial charge in [0.1, 0.15) is 0 Å². The van der Waals surface area contributed by atoms with E-state index in [0.29, 0.717) is 5.54 Å². The Bertz CT molecular complexity index is 281. The van der Waals surface area contributed by atoms with Gasteiger partial charge in [0, 0.05) is 25.0 Å². The van der Waals surface area contributed by atoms with Crippen LogP contribution in [0.3, 0.4) is 0 Å². The third-order valence-electron chi connectivity index (χ3n) is 3.19. The van der Waals surface area contributed by atoms with Crippen molar-refractivity contribution in [2.75, 3.05) is 5.32 Å². The number of hydrogen-bond acceptors (Lipinski definition) is 2. The highest BCUT2D eigenvalue weighted by molar-refractivity contribution is 5.32. The average Bonchev–Trinajstić information content (AvgIpc) is 2.44. The lowest BCUT2D eigenvalue weighted by Crippen LogP contribution is -2.44. The molecular formula is C10H17N3. The summed E-state index contributed by atoms with van der Waals surface area (Å²) >= 11 is 0. The van der Waals surface area contributed by atoms with Crippen molar-refractivity contribution in [3.05, 3.63) is 12.4 Å². The van der Waals surface area contributed by atoms with E-state index in [1.165, 1.54) is 25.7 Å². The average molecular weight is 179 g/mol. The highest BCUT2D eigenvalue weighted by atomic mass is 15.2. The molecular weight excluding hydrogens is 162 g/mol. The Morgan fingerprint density at radius 1 is 1.62 bits per heavy atom. The van der Waals surface area contributed by atoms with E-state index in [0.717, 1.165) is 5.95 Å². The Labute approximate surface area is 79.2 Å². The van der Waals surface area contributed by atoms with Crippen LogP contribution in [0.25, 0.3) is 0 Å². The number of nitrogens with one attached hydrogen (secondary N) is 1. The summed E-state index contributed by atoms with van der Waals surface area (Å²) in [4.78, 5) is 4.28. The van der Waals surface area contributed by atoms with Crippen molar-refractivity contribution < 1.29 is 0 Å². The Morgan fingerprint density at radius 2 is 2.38 bits per heavy atom. The second kappa shape index (κ2) is 3.05. The zero-order valence-corrected chi connectivity index (χ0v) is 8.38. The van der Waals surface area contributed by atoms with Crippen molar-refractivity contribution in [2.24, 2.45) is 7.05 Å². The maximum absolute atomic E-state index is 4.28.